The molecule has 0 aliphatic carbocycles. The molecule has 0 saturated heterocycles. The fraction of sp³-hybridized carbons (Fsp3) is 0.222. The van der Waals surface area contributed by atoms with E-state index in [0.717, 1.165) is 0 Å². The van der Waals surface area contributed by atoms with E-state index in [1.165, 1.54) is 0 Å². The lowest BCUT2D eigenvalue weighted by molar-refractivity contribution is -0.142. The first-order chi connectivity index (χ1) is 11.8. The van der Waals surface area contributed by atoms with Gasteiger partial charge in [0.1, 0.15) is 12.0 Å². The highest BCUT2D eigenvalue weighted by Gasteiger charge is 2.29. The van der Waals surface area contributed by atoms with Crippen molar-refractivity contribution in [3.8, 4) is 0 Å². The molecule has 1 unspecified atom stereocenters. The summed E-state index contributed by atoms with van der Waals surface area (Å²) in [4.78, 5) is 25.5. The average Bonchev–Trinajstić information content (AvgIpc) is 2.96. The van der Waals surface area contributed by atoms with Crippen molar-refractivity contribution in [2.75, 3.05) is 0 Å². The van der Waals surface area contributed by atoms with Crippen LogP contribution in [0.3, 0.4) is 0 Å². The summed E-state index contributed by atoms with van der Waals surface area (Å²) >= 11 is 5.95. The molecule has 0 fully saturated rings. The fourth-order valence-electron chi connectivity index (χ4n) is 2.56. The highest BCUT2D eigenvalue weighted by molar-refractivity contribution is 6.31. The number of amides is 1. The Morgan fingerprint density at radius 2 is 1.92 bits per heavy atom. The van der Waals surface area contributed by atoms with Crippen LogP contribution in [0.5, 0.6) is 0 Å². The van der Waals surface area contributed by atoms with Crippen LogP contribution in [0, 0.1) is 0 Å². The van der Waals surface area contributed by atoms with E-state index >= 15 is 0 Å². The van der Waals surface area contributed by atoms with Crippen LogP contribution in [-0.4, -0.2) is 28.0 Å². The second-order valence-corrected chi connectivity index (χ2v) is 6.85. The smallest absolute Gasteiger partial charge is 0.313 e. The molecule has 1 atom stereocenters. The number of hydrogen-bond donors (Lipinski definition) is 3. The monoisotopic (exact) mass is 359 g/mol. The summed E-state index contributed by atoms with van der Waals surface area (Å²) in [6, 6.07) is 6.56. The van der Waals surface area contributed by atoms with E-state index < -0.39 is 11.4 Å². The van der Waals surface area contributed by atoms with Gasteiger partial charge in [0.05, 0.1) is 10.4 Å². The highest BCUT2D eigenvalue weighted by atomic mass is 35.5. The minimum atomic E-state index is -1.01. The van der Waals surface area contributed by atoms with Crippen LogP contribution >= 0.6 is 11.6 Å². The largest absolute Gasteiger partial charge is 0.481 e. The van der Waals surface area contributed by atoms with Crippen molar-refractivity contribution in [2.24, 2.45) is 0 Å². The van der Waals surface area contributed by atoms with Gasteiger partial charge in [0.2, 0.25) is 0 Å². The maximum absolute atomic E-state index is 12.4. The molecular formula is C18H18ClN3O3. The van der Waals surface area contributed by atoms with Crippen LogP contribution in [-0.2, 0) is 10.2 Å². The van der Waals surface area contributed by atoms with Gasteiger partial charge in [-0.3, -0.25) is 9.59 Å². The lowest BCUT2D eigenvalue weighted by Crippen LogP contribution is -2.36. The van der Waals surface area contributed by atoms with Gasteiger partial charge < -0.3 is 20.6 Å². The number of fused-ring (bicyclic) bond motifs is 1. The summed E-state index contributed by atoms with van der Waals surface area (Å²) < 4.78 is 0. The maximum atomic E-state index is 12.4. The van der Waals surface area contributed by atoms with Crippen molar-refractivity contribution >= 4 is 23.5 Å². The molecule has 1 aromatic rings. The SMILES string of the molecule is CC(C)(C(=O)O)c1ccc(C(=O)NC2=CN3C=C(Cl)C=CC3N2)cc1. The predicted octanol–water partition coefficient (Wildman–Crippen LogP) is 2.46. The lowest BCUT2D eigenvalue weighted by atomic mass is 9.84. The summed E-state index contributed by atoms with van der Waals surface area (Å²) in [6.07, 6.45) is 7.13. The minimum Gasteiger partial charge on any atom is -0.481 e. The fourth-order valence-corrected chi connectivity index (χ4v) is 2.74. The Bertz CT molecular complexity index is 809. The molecule has 0 radical (unpaired) electrons. The van der Waals surface area contributed by atoms with Gasteiger partial charge in [0.15, 0.2) is 0 Å². The van der Waals surface area contributed by atoms with Crippen molar-refractivity contribution in [1.29, 1.82) is 0 Å². The van der Waals surface area contributed by atoms with Gasteiger partial charge in [-0.15, -0.1) is 0 Å². The van der Waals surface area contributed by atoms with Crippen molar-refractivity contribution in [3.63, 3.8) is 0 Å². The number of halogens is 1. The van der Waals surface area contributed by atoms with Gasteiger partial charge in [0.25, 0.3) is 5.91 Å². The number of aliphatic carboxylic acids is 1. The zero-order chi connectivity index (χ0) is 18.2. The number of carboxylic acids is 1. The van der Waals surface area contributed by atoms with Crippen LogP contribution in [0.2, 0.25) is 0 Å². The molecule has 0 bridgehead atoms. The van der Waals surface area contributed by atoms with Gasteiger partial charge in [-0.2, -0.15) is 0 Å². The van der Waals surface area contributed by atoms with Gasteiger partial charge >= 0.3 is 5.97 Å². The average molecular weight is 360 g/mol. The summed E-state index contributed by atoms with van der Waals surface area (Å²) in [7, 11) is 0. The first kappa shape index (κ1) is 17.1. The molecule has 2 aliphatic heterocycles. The molecule has 3 N–H and O–H groups in total. The Balaban J connectivity index is 1.69. The molecule has 7 heteroatoms. The molecule has 25 heavy (non-hydrogen) atoms. The van der Waals surface area contributed by atoms with Crippen LogP contribution < -0.4 is 10.6 Å². The van der Waals surface area contributed by atoms with E-state index in [9.17, 15) is 14.7 Å². The van der Waals surface area contributed by atoms with Crippen molar-refractivity contribution in [3.05, 3.63) is 70.8 Å². The number of hydrogen-bond acceptors (Lipinski definition) is 4. The van der Waals surface area contributed by atoms with Crippen LogP contribution in [0.25, 0.3) is 0 Å². The van der Waals surface area contributed by atoms with Gasteiger partial charge in [-0.05, 0) is 43.7 Å². The Labute approximate surface area is 150 Å². The second-order valence-electron chi connectivity index (χ2n) is 6.41. The standard InChI is InChI=1S/C18H18ClN3O3/c1-18(2,17(24)25)12-5-3-11(4-6-12)16(23)21-14-10-22-9-13(19)7-8-15(22)20-14/h3-10,15,20H,1-2H3,(H,21,23)(H,24,25). The van der Waals surface area contributed by atoms with Crippen molar-refractivity contribution in [1.82, 2.24) is 15.5 Å². The molecule has 3 rings (SSSR count). The Morgan fingerprint density at radius 1 is 1.24 bits per heavy atom. The third-order valence-electron chi connectivity index (χ3n) is 4.26. The van der Waals surface area contributed by atoms with Gasteiger partial charge in [0, 0.05) is 18.0 Å². The number of nitrogens with one attached hydrogen (secondary N) is 2. The maximum Gasteiger partial charge on any atom is 0.313 e. The van der Waals surface area contributed by atoms with E-state index in [1.807, 2.05) is 11.0 Å². The number of carbonyl (C=O) groups excluding carboxylic acids is 1. The van der Waals surface area contributed by atoms with Gasteiger partial charge in [-0.25, -0.2) is 0 Å². The highest BCUT2D eigenvalue weighted by Crippen LogP contribution is 2.24. The summed E-state index contributed by atoms with van der Waals surface area (Å²) in [5.41, 5.74) is 0.0734. The normalized spacial score (nSPS) is 18.8. The Hall–Kier alpha value is -2.73. The third-order valence-corrected chi connectivity index (χ3v) is 4.49. The molecule has 0 spiro atoms. The molecule has 0 aromatic heterocycles. The number of carbonyl (C=O) groups is 2. The van der Waals surface area contributed by atoms with E-state index in [2.05, 4.69) is 10.6 Å². The van der Waals surface area contributed by atoms with Crippen LogP contribution in [0.1, 0.15) is 29.8 Å². The van der Waals surface area contributed by atoms with E-state index in [-0.39, 0.29) is 12.1 Å². The molecular weight excluding hydrogens is 342 g/mol. The summed E-state index contributed by atoms with van der Waals surface area (Å²) in [5, 5.41) is 15.8. The zero-order valence-corrected chi connectivity index (χ0v) is 14.5. The number of benzene rings is 1. The number of carboxylic acid groups (broad SMARTS) is 1. The number of rotatable bonds is 4. The molecule has 1 aromatic carbocycles. The molecule has 130 valence electrons. The molecule has 6 nitrogen and oxygen atoms in total. The van der Waals surface area contributed by atoms with Crippen molar-refractivity contribution < 1.29 is 14.7 Å². The first-order valence-corrected chi connectivity index (χ1v) is 8.12. The molecule has 2 heterocycles. The second kappa shape index (κ2) is 6.29. The quantitative estimate of drug-likeness (QED) is 0.769. The zero-order valence-electron chi connectivity index (χ0n) is 13.8. The summed E-state index contributed by atoms with van der Waals surface area (Å²) in [5.74, 6) is -0.629. The van der Waals surface area contributed by atoms with E-state index in [4.69, 9.17) is 11.6 Å². The Kier molecular flexibility index (Phi) is 4.30. The van der Waals surface area contributed by atoms with Crippen LogP contribution in [0.15, 0.2) is 59.7 Å². The number of nitrogens with zero attached hydrogens (tertiary/aromatic N) is 1. The minimum absolute atomic E-state index is 0.0726. The van der Waals surface area contributed by atoms with Crippen LogP contribution in [0.4, 0.5) is 0 Å². The molecule has 1 amide bonds. The number of allylic oxidation sites excluding steroid dienone is 2. The van der Waals surface area contributed by atoms with E-state index in [0.29, 0.717) is 22.0 Å². The first-order valence-electron chi connectivity index (χ1n) is 7.74. The Morgan fingerprint density at radius 3 is 2.56 bits per heavy atom. The summed E-state index contributed by atoms with van der Waals surface area (Å²) in [6.45, 7) is 3.25. The third kappa shape index (κ3) is 3.39. The van der Waals surface area contributed by atoms with Gasteiger partial charge in [-0.1, -0.05) is 23.7 Å². The molecule has 0 saturated carbocycles. The lowest BCUT2D eigenvalue weighted by Gasteiger charge is -2.21. The van der Waals surface area contributed by atoms with E-state index in [1.54, 1.807) is 56.6 Å². The van der Waals surface area contributed by atoms with Crippen molar-refractivity contribution in [2.45, 2.75) is 25.4 Å². The molecule has 2 aliphatic rings. The topological polar surface area (TPSA) is 81.7 Å². The predicted molar refractivity (Wildman–Crippen MR) is 94.5 cm³/mol.